The highest BCUT2D eigenvalue weighted by atomic mass is 19.1. The van der Waals surface area contributed by atoms with Crippen LogP contribution >= 0.6 is 0 Å². The second kappa shape index (κ2) is 11.3. The molecule has 43 heavy (non-hydrogen) atoms. The zero-order chi connectivity index (χ0) is 31.1. The molecule has 0 aliphatic heterocycles. The number of halogens is 1. The van der Waals surface area contributed by atoms with Gasteiger partial charge in [-0.05, 0) is 59.9 Å². The van der Waals surface area contributed by atoms with E-state index in [0.717, 1.165) is 10.2 Å². The van der Waals surface area contributed by atoms with Crippen LogP contribution < -0.4 is 21.2 Å². The van der Waals surface area contributed by atoms with Gasteiger partial charge in [-0.1, -0.05) is 26.8 Å². The molecular formula is C32H32FN5O5. The molecule has 3 N–H and O–H groups in total. The first-order chi connectivity index (χ1) is 20.4. The minimum absolute atomic E-state index is 0.0651. The summed E-state index contributed by atoms with van der Waals surface area (Å²) in [6.07, 6.45) is 4.45. The molecule has 0 saturated heterocycles. The molecule has 5 aromatic rings. The first-order valence-corrected chi connectivity index (χ1v) is 13.6. The molecule has 0 radical (unpaired) electrons. The van der Waals surface area contributed by atoms with Gasteiger partial charge in [-0.15, -0.1) is 0 Å². The molecule has 3 heterocycles. The van der Waals surface area contributed by atoms with Crippen molar-refractivity contribution in [2.75, 3.05) is 18.5 Å². The topological polar surface area (TPSA) is 132 Å². The highest BCUT2D eigenvalue weighted by Gasteiger charge is 2.21. The molecule has 0 atom stereocenters. The number of fused-ring (bicyclic) bond motifs is 1. The van der Waals surface area contributed by atoms with Gasteiger partial charge < -0.3 is 24.8 Å². The summed E-state index contributed by atoms with van der Waals surface area (Å²) in [7, 11) is 1.58. The van der Waals surface area contributed by atoms with E-state index in [2.05, 4.69) is 15.4 Å². The van der Waals surface area contributed by atoms with E-state index in [1.54, 1.807) is 56.6 Å². The summed E-state index contributed by atoms with van der Waals surface area (Å²) in [5.41, 5.74) is 1.15. The lowest BCUT2D eigenvalue weighted by molar-refractivity contribution is 0.201. The fraction of sp³-hybridized carbons (Fsp3) is 0.250. The van der Waals surface area contributed by atoms with Crippen molar-refractivity contribution in [1.82, 2.24) is 19.3 Å². The van der Waals surface area contributed by atoms with Crippen LogP contribution in [0.25, 0.3) is 27.6 Å². The van der Waals surface area contributed by atoms with Crippen molar-refractivity contribution in [3.63, 3.8) is 0 Å². The molecule has 5 rings (SSSR count). The van der Waals surface area contributed by atoms with Gasteiger partial charge >= 0.3 is 0 Å². The van der Waals surface area contributed by atoms with Crippen LogP contribution in [0.1, 0.15) is 31.9 Å². The van der Waals surface area contributed by atoms with Crippen LogP contribution in [0, 0.1) is 12.7 Å². The van der Waals surface area contributed by atoms with Crippen LogP contribution in [0.15, 0.2) is 70.6 Å². The van der Waals surface area contributed by atoms with Gasteiger partial charge in [0.05, 0.1) is 24.4 Å². The van der Waals surface area contributed by atoms with E-state index < -0.39 is 11.4 Å². The van der Waals surface area contributed by atoms with Gasteiger partial charge in [0.15, 0.2) is 0 Å². The molecule has 0 spiro atoms. The van der Waals surface area contributed by atoms with Crippen molar-refractivity contribution >= 4 is 22.3 Å². The Hall–Kier alpha value is -5.03. The summed E-state index contributed by atoms with van der Waals surface area (Å²) in [6.45, 7) is 7.65. The van der Waals surface area contributed by atoms with Crippen molar-refractivity contribution in [2.45, 2.75) is 33.1 Å². The number of aliphatic hydroxyl groups excluding tert-OH is 1. The molecule has 10 nitrogen and oxygen atoms in total. The van der Waals surface area contributed by atoms with Gasteiger partial charge in [-0.25, -0.2) is 9.37 Å². The lowest BCUT2D eigenvalue weighted by Crippen LogP contribution is -2.23. The van der Waals surface area contributed by atoms with Crippen molar-refractivity contribution in [1.29, 1.82) is 0 Å². The highest BCUT2D eigenvalue weighted by molar-refractivity contribution is 5.84. The zero-order valence-corrected chi connectivity index (χ0v) is 24.5. The van der Waals surface area contributed by atoms with Gasteiger partial charge in [0.2, 0.25) is 0 Å². The average molecular weight is 586 g/mol. The lowest BCUT2D eigenvalue weighted by atomic mass is 9.86. The summed E-state index contributed by atoms with van der Waals surface area (Å²) in [5, 5.41) is 27.9. The normalized spacial score (nSPS) is 11.6. The van der Waals surface area contributed by atoms with Gasteiger partial charge in [-0.2, -0.15) is 9.78 Å². The Morgan fingerprint density at radius 2 is 1.81 bits per heavy atom. The molecule has 2 aromatic carbocycles. The van der Waals surface area contributed by atoms with E-state index in [1.807, 2.05) is 20.8 Å². The van der Waals surface area contributed by atoms with Gasteiger partial charge in [0.25, 0.3) is 11.1 Å². The molecular weight excluding hydrogens is 553 g/mol. The molecule has 0 amide bonds. The Bertz CT molecular complexity index is 1960. The molecule has 0 aliphatic carbocycles. The van der Waals surface area contributed by atoms with Crippen LogP contribution in [0.4, 0.5) is 15.9 Å². The van der Waals surface area contributed by atoms with E-state index >= 15 is 4.39 Å². The molecule has 222 valence electrons. The van der Waals surface area contributed by atoms with E-state index in [9.17, 15) is 14.7 Å². The van der Waals surface area contributed by atoms with E-state index in [0.29, 0.717) is 33.6 Å². The number of nitrogens with zero attached hydrogens (tertiary/aromatic N) is 4. The summed E-state index contributed by atoms with van der Waals surface area (Å²) < 4.78 is 22.9. The Morgan fingerprint density at radius 3 is 2.49 bits per heavy atom. The van der Waals surface area contributed by atoms with Crippen molar-refractivity contribution < 1.29 is 19.3 Å². The third-order valence-electron chi connectivity index (χ3n) is 7.13. The number of phenols is 1. The first-order valence-electron chi connectivity index (χ1n) is 13.6. The van der Waals surface area contributed by atoms with Gasteiger partial charge in [0.1, 0.15) is 41.1 Å². The smallest absolute Gasteiger partial charge is 0.282 e. The second-order valence-corrected chi connectivity index (χ2v) is 11.3. The number of rotatable bonds is 7. The molecule has 0 saturated carbocycles. The SMILES string of the molecule is Cc1ccc(-n2ncc3cc(C(C)(C)C)cc(F)c3c2=O)c(O)c1-c1cc(Nc2ccc(OCCO)cn2)c(=O)n(C)c1. The molecule has 0 aliphatic rings. The van der Waals surface area contributed by atoms with Crippen LogP contribution in [-0.4, -0.2) is 42.8 Å². The minimum Gasteiger partial charge on any atom is -0.505 e. The third kappa shape index (κ3) is 5.71. The van der Waals surface area contributed by atoms with Crippen molar-refractivity contribution in [3.8, 4) is 28.3 Å². The monoisotopic (exact) mass is 585 g/mol. The number of aromatic nitrogens is 4. The number of aryl methyl sites for hydroxylation is 2. The molecule has 11 heteroatoms. The van der Waals surface area contributed by atoms with Crippen LogP contribution in [0.3, 0.4) is 0 Å². The molecule has 3 aromatic heterocycles. The summed E-state index contributed by atoms with van der Waals surface area (Å²) in [5.74, 6) is -0.0749. The maximum absolute atomic E-state index is 15.3. The van der Waals surface area contributed by atoms with Gasteiger partial charge in [-0.3, -0.25) is 9.59 Å². The van der Waals surface area contributed by atoms with E-state index in [1.165, 1.54) is 23.0 Å². The number of benzene rings is 2. The fourth-order valence-electron chi connectivity index (χ4n) is 4.83. The number of nitrogens with one attached hydrogen (secondary N) is 1. The zero-order valence-electron chi connectivity index (χ0n) is 24.5. The standard InChI is InChI=1S/C32H32FN5O5/c1-18-6-8-25(38-31(42)28-19(15-35-38)12-21(14-23(28)33)32(2,3)4)29(40)27(18)20-13-24(30(41)37(5)17-20)36-26-9-7-22(16-34-26)43-11-10-39/h6-9,12-17,39-40H,10-11H2,1-5H3,(H,34,36). The Kier molecular flexibility index (Phi) is 7.76. The van der Waals surface area contributed by atoms with Crippen molar-refractivity contribution in [2.24, 2.45) is 7.05 Å². The number of anilines is 2. The predicted molar refractivity (Wildman–Crippen MR) is 163 cm³/mol. The van der Waals surface area contributed by atoms with Gasteiger partial charge in [0, 0.05) is 29.8 Å². The number of aliphatic hydroxyl groups is 1. The average Bonchev–Trinajstić information content (AvgIpc) is 2.95. The summed E-state index contributed by atoms with van der Waals surface area (Å²) in [6, 6.07) is 11.2. The quantitative estimate of drug-likeness (QED) is 0.250. The minimum atomic E-state index is -0.708. The maximum atomic E-state index is 15.3. The fourth-order valence-corrected chi connectivity index (χ4v) is 4.83. The lowest BCUT2D eigenvalue weighted by Gasteiger charge is -2.20. The maximum Gasteiger partial charge on any atom is 0.282 e. The number of hydrogen-bond donors (Lipinski definition) is 3. The number of pyridine rings is 2. The van der Waals surface area contributed by atoms with Crippen molar-refractivity contribution in [3.05, 3.63) is 98.7 Å². The summed E-state index contributed by atoms with van der Waals surface area (Å²) >= 11 is 0. The number of ether oxygens (including phenoxy) is 1. The highest BCUT2D eigenvalue weighted by Crippen LogP contribution is 2.37. The van der Waals surface area contributed by atoms with Crippen LogP contribution in [0.5, 0.6) is 11.5 Å². The summed E-state index contributed by atoms with van der Waals surface area (Å²) in [4.78, 5) is 30.7. The predicted octanol–water partition coefficient (Wildman–Crippen LogP) is 4.71. The molecule has 0 bridgehead atoms. The van der Waals surface area contributed by atoms with E-state index in [-0.39, 0.29) is 46.7 Å². The number of hydrogen-bond acceptors (Lipinski definition) is 8. The first kappa shape index (κ1) is 29.5. The Balaban J connectivity index is 1.58. The largest absolute Gasteiger partial charge is 0.505 e. The third-order valence-corrected chi connectivity index (χ3v) is 7.13. The second-order valence-electron chi connectivity index (χ2n) is 11.3. The Morgan fingerprint density at radius 1 is 1.05 bits per heavy atom. The number of aromatic hydroxyl groups is 1. The van der Waals surface area contributed by atoms with E-state index in [4.69, 9.17) is 9.84 Å². The Labute approximate surface area is 246 Å². The number of phenolic OH excluding ortho intramolecular Hbond substituents is 1. The molecule has 0 unspecified atom stereocenters. The van der Waals surface area contributed by atoms with Crippen LogP contribution in [-0.2, 0) is 12.5 Å². The molecule has 0 fully saturated rings. The van der Waals surface area contributed by atoms with Crippen LogP contribution in [0.2, 0.25) is 0 Å².